The summed E-state index contributed by atoms with van der Waals surface area (Å²) in [6, 6.07) is 11.0. The first-order chi connectivity index (χ1) is 11.6. The van der Waals surface area contributed by atoms with Crippen molar-refractivity contribution in [3.8, 4) is 5.75 Å². The SMILES string of the molecule is CCc1ccc(OCC(=O)NNC(=O)C=Cc2ccc(C)o2)cc1. The van der Waals surface area contributed by atoms with E-state index in [-0.39, 0.29) is 6.61 Å². The zero-order valence-electron chi connectivity index (χ0n) is 13.7. The Morgan fingerprint density at radius 3 is 2.50 bits per heavy atom. The van der Waals surface area contributed by atoms with E-state index in [1.165, 1.54) is 17.7 Å². The molecular formula is C18H20N2O4. The second-order valence-corrected chi connectivity index (χ2v) is 5.11. The van der Waals surface area contributed by atoms with E-state index in [2.05, 4.69) is 17.8 Å². The van der Waals surface area contributed by atoms with Gasteiger partial charge in [-0.1, -0.05) is 19.1 Å². The van der Waals surface area contributed by atoms with Crippen LogP contribution in [0.4, 0.5) is 0 Å². The molecule has 0 saturated heterocycles. The van der Waals surface area contributed by atoms with E-state index in [0.717, 1.165) is 12.2 Å². The Labute approximate surface area is 140 Å². The summed E-state index contributed by atoms with van der Waals surface area (Å²) in [4.78, 5) is 23.2. The third-order valence-electron chi connectivity index (χ3n) is 3.19. The summed E-state index contributed by atoms with van der Waals surface area (Å²) in [5.74, 6) is 0.997. The smallest absolute Gasteiger partial charge is 0.276 e. The van der Waals surface area contributed by atoms with Crippen LogP contribution in [0.15, 0.2) is 46.9 Å². The third kappa shape index (κ3) is 5.64. The van der Waals surface area contributed by atoms with E-state index in [9.17, 15) is 9.59 Å². The average Bonchev–Trinajstić information content (AvgIpc) is 3.02. The molecular weight excluding hydrogens is 308 g/mol. The highest BCUT2D eigenvalue weighted by Gasteiger charge is 2.04. The molecule has 6 nitrogen and oxygen atoms in total. The molecule has 0 radical (unpaired) electrons. The number of hydrogen-bond donors (Lipinski definition) is 2. The van der Waals surface area contributed by atoms with Crippen molar-refractivity contribution in [3.05, 3.63) is 59.6 Å². The average molecular weight is 328 g/mol. The van der Waals surface area contributed by atoms with E-state index in [4.69, 9.17) is 9.15 Å². The number of rotatable bonds is 6. The van der Waals surface area contributed by atoms with Crippen LogP contribution in [0.2, 0.25) is 0 Å². The molecule has 6 heteroatoms. The van der Waals surface area contributed by atoms with Gasteiger partial charge in [0, 0.05) is 6.08 Å². The number of carbonyl (C=O) groups excluding carboxylic acids is 2. The van der Waals surface area contributed by atoms with Gasteiger partial charge < -0.3 is 9.15 Å². The summed E-state index contributed by atoms with van der Waals surface area (Å²) in [7, 11) is 0. The highest BCUT2D eigenvalue weighted by Crippen LogP contribution is 2.12. The summed E-state index contributed by atoms with van der Waals surface area (Å²) in [6.45, 7) is 3.69. The maximum atomic E-state index is 11.6. The number of aryl methyl sites for hydroxylation is 2. The molecule has 0 fully saturated rings. The minimum Gasteiger partial charge on any atom is -0.484 e. The molecule has 126 valence electrons. The van der Waals surface area contributed by atoms with Crippen LogP contribution < -0.4 is 15.6 Å². The van der Waals surface area contributed by atoms with Crippen molar-refractivity contribution in [2.24, 2.45) is 0 Å². The number of benzene rings is 1. The number of ether oxygens (including phenoxy) is 1. The fourth-order valence-electron chi connectivity index (χ4n) is 1.88. The second kappa shape index (κ2) is 8.57. The van der Waals surface area contributed by atoms with Gasteiger partial charge in [0.15, 0.2) is 6.61 Å². The van der Waals surface area contributed by atoms with Gasteiger partial charge in [0.25, 0.3) is 11.8 Å². The van der Waals surface area contributed by atoms with Gasteiger partial charge in [-0.25, -0.2) is 0 Å². The summed E-state index contributed by atoms with van der Waals surface area (Å²) >= 11 is 0. The minimum atomic E-state index is -0.468. The van der Waals surface area contributed by atoms with Crippen molar-refractivity contribution in [3.63, 3.8) is 0 Å². The van der Waals surface area contributed by atoms with Gasteiger partial charge >= 0.3 is 0 Å². The van der Waals surface area contributed by atoms with Crippen LogP contribution >= 0.6 is 0 Å². The van der Waals surface area contributed by atoms with E-state index in [1.54, 1.807) is 24.3 Å². The zero-order chi connectivity index (χ0) is 17.4. The van der Waals surface area contributed by atoms with Gasteiger partial charge in [-0.05, 0) is 49.2 Å². The number of amides is 2. The van der Waals surface area contributed by atoms with Crippen molar-refractivity contribution in [2.75, 3.05) is 6.61 Å². The van der Waals surface area contributed by atoms with Crippen molar-refractivity contribution in [1.29, 1.82) is 0 Å². The Morgan fingerprint density at radius 1 is 1.12 bits per heavy atom. The lowest BCUT2D eigenvalue weighted by Crippen LogP contribution is -2.43. The first kappa shape index (κ1) is 17.3. The molecule has 2 amide bonds. The molecule has 0 aliphatic heterocycles. The number of furan rings is 1. The van der Waals surface area contributed by atoms with Gasteiger partial charge in [0.1, 0.15) is 17.3 Å². The fraction of sp³-hybridized carbons (Fsp3) is 0.222. The standard InChI is InChI=1S/C18H20N2O4/c1-3-14-5-8-15(9-6-14)23-12-18(22)20-19-17(21)11-10-16-7-4-13(2)24-16/h4-11H,3,12H2,1-2H3,(H,19,21)(H,20,22). The highest BCUT2D eigenvalue weighted by molar-refractivity contribution is 5.92. The van der Waals surface area contributed by atoms with Crippen molar-refractivity contribution >= 4 is 17.9 Å². The molecule has 0 aliphatic carbocycles. The second-order valence-electron chi connectivity index (χ2n) is 5.11. The largest absolute Gasteiger partial charge is 0.484 e. The molecule has 0 atom stereocenters. The quantitative estimate of drug-likeness (QED) is 0.630. The Morgan fingerprint density at radius 2 is 1.88 bits per heavy atom. The third-order valence-corrected chi connectivity index (χ3v) is 3.19. The van der Waals surface area contributed by atoms with Crippen LogP contribution in [0.25, 0.3) is 6.08 Å². The number of hydrogen-bond acceptors (Lipinski definition) is 4. The Balaban J connectivity index is 1.70. The number of carbonyl (C=O) groups is 2. The highest BCUT2D eigenvalue weighted by atomic mass is 16.5. The van der Waals surface area contributed by atoms with Gasteiger partial charge in [-0.2, -0.15) is 0 Å². The van der Waals surface area contributed by atoms with Crippen LogP contribution in [-0.2, 0) is 16.0 Å². The van der Waals surface area contributed by atoms with Crippen molar-refractivity contribution in [2.45, 2.75) is 20.3 Å². The van der Waals surface area contributed by atoms with Crippen LogP contribution in [0.5, 0.6) is 5.75 Å². The lowest BCUT2D eigenvalue weighted by atomic mass is 10.2. The molecule has 1 aromatic carbocycles. The normalized spacial score (nSPS) is 10.6. The summed E-state index contributed by atoms with van der Waals surface area (Å²) in [6.07, 6.45) is 3.72. The lowest BCUT2D eigenvalue weighted by Gasteiger charge is -2.08. The Bertz CT molecular complexity index is 717. The zero-order valence-corrected chi connectivity index (χ0v) is 13.7. The van der Waals surface area contributed by atoms with Crippen molar-refractivity contribution < 1.29 is 18.7 Å². The Kier molecular flexibility index (Phi) is 6.19. The summed E-state index contributed by atoms with van der Waals surface area (Å²) in [5.41, 5.74) is 5.73. The molecule has 2 aromatic rings. The summed E-state index contributed by atoms with van der Waals surface area (Å²) < 4.78 is 10.6. The number of nitrogens with one attached hydrogen (secondary N) is 2. The molecule has 0 unspecified atom stereocenters. The molecule has 2 rings (SSSR count). The maximum absolute atomic E-state index is 11.6. The fourth-order valence-corrected chi connectivity index (χ4v) is 1.88. The molecule has 24 heavy (non-hydrogen) atoms. The lowest BCUT2D eigenvalue weighted by molar-refractivity contribution is -0.128. The van der Waals surface area contributed by atoms with Gasteiger partial charge in [-0.3, -0.25) is 20.4 Å². The first-order valence-electron chi connectivity index (χ1n) is 7.62. The van der Waals surface area contributed by atoms with E-state index >= 15 is 0 Å². The Hall–Kier alpha value is -3.02. The summed E-state index contributed by atoms with van der Waals surface area (Å²) in [5, 5.41) is 0. The topological polar surface area (TPSA) is 80.6 Å². The molecule has 1 aromatic heterocycles. The van der Waals surface area contributed by atoms with Crippen LogP contribution in [0.3, 0.4) is 0 Å². The van der Waals surface area contributed by atoms with E-state index < -0.39 is 11.8 Å². The van der Waals surface area contributed by atoms with Crippen LogP contribution in [0.1, 0.15) is 24.0 Å². The molecule has 0 spiro atoms. The van der Waals surface area contributed by atoms with Gasteiger partial charge in [0.05, 0.1) is 0 Å². The van der Waals surface area contributed by atoms with Gasteiger partial charge in [0.2, 0.25) is 0 Å². The van der Waals surface area contributed by atoms with Crippen molar-refractivity contribution in [1.82, 2.24) is 10.9 Å². The molecule has 0 bridgehead atoms. The molecule has 0 saturated carbocycles. The number of hydrazine groups is 1. The van der Waals surface area contributed by atoms with Crippen LogP contribution in [-0.4, -0.2) is 18.4 Å². The minimum absolute atomic E-state index is 0.188. The molecule has 1 heterocycles. The van der Waals surface area contributed by atoms with Crippen LogP contribution in [0, 0.1) is 6.92 Å². The first-order valence-corrected chi connectivity index (χ1v) is 7.62. The van der Waals surface area contributed by atoms with Gasteiger partial charge in [-0.15, -0.1) is 0 Å². The predicted octanol–water partition coefficient (Wildman–Crippen LogP) is 2.39. The monoisotopic (exact) mass is 328 g/mol. The molecule has 2 N–H and O–H groups in total. The predicted molar refractivity (Wildman–Crippen MR) is 90.1 cm³/mol. The maximum Gasteiger partial charge on any atom is 0.276 e. The van der Waals surface area contributed by atoms with E-state index in [1.807, 2.05) is 19.1 Å². The van der Waals surface area contributed by atoms with E-state index in [0.29, 0.717) is 11.5 Å². The molecule has 0 aliphatic rings.